The highest BCUT2D eigenvalue weighted by molar-refractivity contribution is 6.11. The maximum atomic E-state index is 11.4. The SMILES string of the molecule is CC=C1C(=O)CC(=O)CC1(C)C. The van der Waals surface area contributed by atoms with Crippen molar-refractivity contribution < 1.29 is 9.59 Å². The molecule has 1 aliphatic rings. The van der Waals surface area contributed by atoms with Gasteiger partial charge in [-0.05, 0) is 17.9 Å². The Kier molecular flexibility index (Phi) is 2.18. The number of hydrogen-bond acceptors (Lipinski definition) is 2. The first-order chi connectivity index (χ1) is 5.47. The van der Waals surface area contributed by atoms with E-state index < -0.39 is 0 Å². The monoisotopic (exact) mass is 166 g/mol. The van der Waals surface area contributed by atoms with Gasteiger partial charge in [0, 0.05) is 6.42 Å². The van der Waals surface area contributed by atoms with Crippen LogP contribution in [0, 0.1) is 5.41 Å². The maximum Gasteiger partial charge on any atom is 0.166 e. The van der Waals surface area contributed by atoms with Gasteiger partial charge in [0.2, 0.25) is 0 Å². The van der Waals surface area contributed by atoms with Crippen LogP contribution in [0.1, 0.15) is 33.6 Å². The van der Waals surface area contributed by atoms with E-state index in [1.165, 1.54) is 0 Å². The van der Waals surface area contributed by atoms with Gasteiger partial charge in [-0.2, -0.15) is 0 Å². The van der Waals surface area contributed by atoms with Crippen LogP contribution >= 0.6 is 0 Å². The Bertz CT molecular complexity index is 259. The van der Waals surface area contributed by atoms with E-state index >= 15 is 0 Å². The van der Waals surface area contributed by atoms with Gasteiger partial charge in [-0.25, -0.2) is 0 Å². The Morgan fingerprint density at radius 3 is 2.33 bits per heavy atom. The molecule has 0 N–H and O–H groups in total. The van der Waals surface area contributed by atoms with E-state index in [9.17, 15) is 9.59 Å². The van der Waals surface area contributed by atoms with Crippen LogP contribution in [0.3, 0.4) is 0 Å². The van der Waals surface area contributed by atoms with Crippen LogP contribution in [-0.4, -0.2) is 11.6 Å². The molecule has 0 amide bonds. The molecule has 2 nitrogen and oxygen atoms in total. The minimum atomic E-state index is -0.249. The fourth-order valence-corrected chi connectivity index (χ4v) is 1.85. The third-order valence-corrected chi connectivity index (χ3v) is 2.32. The average molecular weight is 166 g/mol. The first-order valence-corrected chi connectivity index (χ1v) is 4.19. The topological polar surface area (TPSA) is 34.1 Å². The molecule has 0 heterocycles. The van der Waals surface area contributed by atoms with Crippen LogP contribution in [0.5, 0.6) is 0 Å². The van der Waals surface area contributed by atoms with Crippen molar-refractivity contribution in [1.29, 1.82) is 0 Å². The van der Waals surface area contributed by atoms with E-state index in [1.54, 1.807) is 0 Å². The zero-order valence-corrected chi connectivity index (χ0v) is 7.81. The van der Waals surface area contributed by atoms with Gasteiger partial charge in [-0.1, -0.05) is 19.9 Å². The Hall–Kier alpha value is -0.920. The number of Topliss-reactive ketones (excluding diaryl/α,β-unsaturated/α-hetero) is 2. The molecule has 0 atom stereocenters. The van der Waals surface area contributed by atoms with Crippen LogP contribution in [0.4, 0.5) is 0 Å². The number of hydrogen-bond donors (Lipinski definition) is 0. The lowest BCUT2D eigenvalue weighted by Gasteiger charge is -2.30. The molecule has 0 unspecified atom stereocenters. The second kappa shape index (κ2) is 2.85. The van der Waals surface area contributed by atoms with Crippen LogP contribution < -0.4 is 0 Å². The van der Waals surface area contributed by atoms with Gasteiger partial charge in [0.05, 0.1) is 6.42 Å². The average Bonchev–Trinajstić information content (AvgIpc) is 1.82. The molecule has 1 saturated carbocycles. The molecule has 0 aliphatic heterocycles. The Balaban J connectivity index is 3.01. The summed E-state index contributed by atoms with van der Waals surface area (Å²) < 4.78 is 0. The fourth-order valence-electron chi connectivity index (χ4n) is 1.85. The van der Waals surface area contributed by atoms with Crippen molar-refractivity contribution in [2.45, 2.75) is 33.6 Å². The zero-order chi connectivity index (χ0) is 9.35. The lowest BCUT2D eigenvalue weighted by atomic mass is 9.72. The summed E-state index contributed by atoms with van der Waals surface area (Å²) in [6.45, 7) is 5.74. The number of carbonyl (C=O) groups excluding carboxylic acids is 2. The van der Waals surface area contributed by atoms with Crippen molar-refractivity contribution in [1.82, 2.24) is 0 Å². The third kappa shape index (κ3) is 1.47. The van der Waals surface area contributed by atoms with Crippen LogP contribution in [-0.2, 0) is 9.59 Å². The summed E-state index contributed by atoms with van der Waals surface area (Å²) in [6.07, 6.45) is 2.43. The molecule has 2 heteroatoms. The van der Waals surface area contributed by atoms with Crippen molar-refractivity contribution in [3.8, 4) is 0 Å². The summed E-state index contributed by atoms with van der Waals surface area (Å²) in [6, 6.07) is 0. The minimum absolute atomic E-state index is 0.00116. The minimum Gasteiger partial charge on any atom is -0.299 e. The molecule has 0 aromatic heterocycles. The second-order valence-electron chi connectivity index (χ2n) is 3.90. The second-order valence-corrected chi connectivity index (χ2v) is 3.90. The van der Waals surface area contributed by atoms with Crippen molar-refractivity contribution in [2.75, 3.05) is 0 Å². The van der Waals surface area contributed by atoms with Crippen LogP contribution in [0.15, 0.2) is 11.6 Å². The first kappa shape index (κ1) is 9.17. The third-order valence-electron chi connectivity index (χ3n) is 2.32. The quantitative estimate of drug-likeness (QED) is 0.407. The van der Waals surface area contributed by atoms with E-state index in [-0.39, 0.29) is 23.4 Å². The standard InChI is InChI=1S/C10H14O2/c1-4-8-9(12)5-7(11)6-10(8,2)3/h4H,5-6H2,1-3H3. The predicted molar refractivity (Wildman–Crippen MR) is 46.8 cm³/mol. The van der Waals surface area contributed by atoms with Crippen molar-refractivity contribution >= 4 is 11.6 Å². The normalized spacial score (nSPS) is 26.4. The molecule has 1 aliphatic carbocycles. The van der Waals surface area contributed by atoms with Gasteiger partial charge in [-0.15, -0.1) is 0 Å². The fraction of sp³-hybridized carbons (Fsp3) is 0.600. The van der Waals surface area contributed by atoms with Gasteiger partial charge < -0.3 is 0 Å². The first-order valence-electron chi connectivity index (χ1n) is 4.19. The zero-order valence-electron chi connectivity index (χ0n) is 7.81. The lowest BCUT2D eigenvalue weighted by molar-refractivity contribution is -0.129. The molecule has 66 valence electrons. The van der Waals surface area contributed by atoms with E-state index in [2.05, 4.69) is 0 Å². The molecule has 0 aromatic carbocycles. The number of carbonyl (C=O) groups is 2. The summed E-state index contributed by atoms with van der Waals surface area (Å²) in [4.78, 5) is 22.5. The van der Waals surface area contributed by atoms with Crippen molar-refractivity contribution in [3.05, 3.63) is 11.6 Å². The number of rotatable bonds is 0. The van der Waals surface area contributed by atoms with E-state index in [0.717, 1.165) is 5.57 Å². The summed E-state index contributed by atoms with van der Waals surface area (Å²) in [5.74, 6) is 0.0642. The molecule has 1 rings (SSSR count). The van der Waals surface area contributed by atoms with Crippen molar-refractivity contribution in [2.24, 2.45) is 5.41 Å². The smallest absolute Gasteiger partial charge is 0.166 e. The molecular formula is C10H14O2. The molecular weight excluding hydrogens is 152 g/mol. The molecule has 0 radical (unpaired) electrons. The molecule has 1 fully saturated rings. The maximum absolute atomic E-state index is 11.4. The van der Waals surface area contributed by atoms with Gasteiger partial charge in [-0.3, -0.25) is 9.59 Å². The number of ketones is 2. The summed E-state index contributed by atoms with van der Waals surface area (Å²) in [7, 11) is 0. The summed E-state index contributed by atoms with van der Waals surface area (Å²) >= 11 is 0. The van der Waals surface area contributed by atoms with E-state index in [1.807, 2.05) is 26.8 Å². The Morgan fingerprint density at radius 2 is 1.92 bits per heavy atom. The Morgan fingerprint density at radius 1 is 1.33 bits per heavy atom. The van der Waals surface area contributed by atoms with Gasteiger partial charge in [0.25, 0.3) is 0 Å². The molecule has 0 bridgehead atoms. The van der Waals surface area contributed by atoms with Gasteiger partial charge >= 0.3 is 0 Å². The van der Waals surface area contributed by atoms with Crippen molar-refractivity contribution in [3.63, 3.8) is 0 Å². The highest BCUT2D eigenvalue weighted by atomic mass is 16.1. The lowest BCUT2D eigenvalue weighted by Crippen LogP contribution is -2.31. The van der Waals surface area contributed by atoms with Crippen LogP contribution in [0.2, 0.25) is 0 Å². The van der Waals surface area contributed by atoms with Crippen LogP contribution in [0.25, 0.3) is 0 Å². The summed E-state index contributed by atoms with van der Waals surface area (Å²) in [5, 5.41) is 0. The van der Waals surface area contributed by atoms with E-state index in [0.29, 0.717) is 6.42 Å². The number of allylic oxidation sites excluding steroid dienone is 2. The molecule has 0 spiro atoms. The highest BCUT2D eigenvalue weighted by Gasteiger charge is 2.35. The Labute approximate surface area is 72.7 Å². The highest BCUT2D eigenvalue weighted by Crippen LogP contribution is 2.36. The van der Waals surface area contributed by atoms with Gasteiger partial charge in [0.1, 0.15) is 5.78 Å². The largest absolute Gasteiger partial charge is 0.299 e. The molecule has 12 heavy (non-hydrogen) atoms. The summed E-state index contributed by atoms with van der Waals surface area (Å²) in [5.41, 5.74) is 0.559. The molecule has 0 aromatic rings. The molecule has 0 saturated heterocycles. The van der Waals surface area contributed by atoms with Gasteiger partial charge in [0.15, 0.2) is 5.78 Å². The predicted octanol–water partition coefficient (Wildman–Crippen LogP) is 1.89. The van der Waals surface area contributed by atoms with E-state index in [4.69, 9.17) is 0 Å².